The molecular weight excluding hydrogens is 124 g/mol. The lowest BCUT2D eigenvalue weighted by atomic mass is 10.1. The summed E-state index contributed by atoms with van der Waals surface area (Å²) in [5, 5.41) is 0. The van der Waals surface area contributed by atoms with Crippen molar-refractivity contribution >= 4 is 0 Å². The summed E-state index contributed by atoms with van der Waals surface area (Å²) in [6.07, 6.45) is 1.95. The Kier molecular flexibility index (Phi) is 4.71. The van der Waals surface area contributed by atoms with E-state index in [4.69, 9.17) is 4.74 Å². The highest BCUT2D eigenvalue weighted by Gasteiger charge is 2.05. The lowest BCUT2D eigenvalue weighted by Crippen LogP contribution is -2.15. The van der Waals surface area contributed by atoms with Crippen LogP contribution in [0.4, 0.5) is 0 Å². The van der Waals surface area contributed by atoms with Crippen molar-refractivity contribution in [3.8, 4) is 0 Å². The third-order valence-electron chi connectivity index (χ3n) is 1.31. The highest BCUT2D eigenvalue weighted by atomic mass is 16.5. The fourth-order valence-electron chi connectivity index (χ4n) is 1.18. The third-order valence-corrected chi connectivity index (χ3v) is 1.31. The third kappa shape index (κ3) is 6.09. The maximum atomic E-state index is 5.56. The maximum absolute atomic E-state index is 5.56. The first-order valence-corrected chi connectivity index (χ1v) is 4.17. The summed E-state index contributed by atoms with van der Waals surface area (Å²) in [6, 6.07) is 0. The van der Waals surface area contributed by atoms with E-state index in [2.05, 4.69) is 34.6 Å². The molecule has 0 aliphatic carbocycles. The molecule has 0 radical (unpaired) electrons. The molecule has 0 saturated carbocycles. The fraction of sp³-hybridized carbons (Fsp3) is 1.00. The van der Waals surface area contributed by atoms with Crippen molar-refractivity contribution in [3.63, 3.8) is 0 Å². The molecule has 0 fully saturated rings. The fourth-order valence-corrected chi connectivity index (χ4v) is 1.18. The summed E-state index contributed by atoms with van der Waals surface area (Å²) in [5.41, 5.74) is 0. The first-order chi connectivity index (χ1) is 4.52. The summed E-state index contributed by atoms with van der Waals surface area (Å²) < 4.78 is 5.56. The molecule has 62 valence electrons. The highest BCUT2D eigenvalue weighted by molar-refractivity contribution is 4.54. The smallest absolute Gasteiger partial charge is 0.0552 e. The minimum absolute atomic E-state index is 0.369. The molecule has 0 aromatic rings. The van der Waals surface area contributed by atoms with Crippen molar-refractivity contribution < 1.29 is 4.74 Å². The SMILES string of the molecule is CC(C)C[C@H](C)OC(C)C. The second-order valence-corrected chi connectivity index (χ2v) is 3.63. The molecule has 1 heteroatoms. The summed E-state index contributed by atoms with van der Waals surface area (Å²) in [6.45, 7) is 10.7. The van der Waals surface area contributed by atoms with Crippen LogP contribution in [-0.2, 0) is 4.74 Å². The first kappa shape index (κ1) is 9.96. The molecule has 0 bridgehead atoms. The van der Waals surface area contributed by atoms with Crippen molar-refractivity contribution in [1.82, 2.24) is 0 Å². The van der Waals surface area contributed by atoms with E-state index in [1.54, 1.807) is 0 Å². The molecule has 0 rings (SSSR count). The van der Waals surface area contributed by atoms with Gasteiger partial charge in [0.2, 0.25) is 0 Å². The van der Waals surface area contributed by atoms with Gasteiger partial charge in [0.1, 0.15) is 0 Å². The zero-order valence-electron chi connectivity index (χ0n) is 7.85. The molecule has 10 heavy (non-hydrogen) atoms. The van der Waals surface area contributed by atoms with Crippen LogP contribution in [0, 0.1) is 5.92 Å². The summed E-state index contributed by atoms with van der Waals surface area (Å²) in [4.78, 5) is 0. The van der Waals surface area contributed by atoms with Gasteiger partial charge in [-0.3, -0.25) is 0 Å². The normalized spacial score (nSPS) is 14.7. The van der Waals surface area contributed by atoms with Crippen LogP contribution in [0.1, 0.15) is 41.0 Å². The molecule has 0 unspecified atom stereocenters. The van der Waals surface area contributed by atoms with Crippen LogP contribution >= 0.6 is 0 Å². The van der Waals surface area contributed by atoms with Gasteiger partial charge in [-0.25, -0.2) is 0 Å². The Balaban J connectivity index is 3.34. The predicted octanol–water partition coefficient (Wildman–Crippen LogP) is 2.85. The van der Waals surface area contributed by atoms with Gasteiger partial charge >= 0.3 is 0 Å². The van der Waals surface area contributed by atoms with Crippen LogP contribution < -0.4 is 0 Å². The van der Waals surface area contributed by atoms with Crippen molar-refractivity contribution in [1.29, 1.82) is 0 Å². The van der Waals surface area contributed by atoms with E-state index >= 15 is 0 Å². The molecular formula is C9H20O. The number of hydrogen-bond donors (Lipinski definition) is 0. The van der Waals surface area contributed by atoms with Gasteiger partial charge in [-0.15, -0.1) is 0 Å². The van der Waals surface area contributed by atoms with Crippen LogP contribution in [0.2, 0.25) is 0 Å². The standard InChI is InChI=1S/C9H20O/c1-7(2)6-9(5)10-8(3)4/h7-9H,6H2,1-5H3/t9-/m0/s1. The summed E-state index contributed by atoms with van der Waals surface area (Å²) in [5.74, 6) is 0.744. The average molecular weight is 144 g/mol. The average Bonchev–Trinajstić information content (AvgIpc) is 1.58. The van der Waals surface area contributed by atoms with Crippen molar-refractivity contribution in [3.05, 3.63) is 0 Å². The first-order valence-electron chi connectivity index (χ1n) is 4.17. The van der Waals surface area contributed by atoms with E-state index in [1.165, 1.54) is 0 Å². The van der Waals surface area contributed by atoms with E-state index in [0.29, 0.717) is 12.2 Å². The van der Waals surface area contributed by atoms with Gasteiger partial charge in [-0.1, -0.05) is 13.8 Å². The molecule has 1 nitrogen and oxygen atoms in total. The van der Waals surface area contributed by atoms with Crippen LogP contribution in [0.25, 0.3) is 0 Å². The van der Waals surface area contributed by atoms with Crippen LogP contribution in [0.15, 0.2) is 0 Å². The highest BCUT2D eigenvalue weighted by Crippen LogP contribution is 2.08. The molecule has 1 atom stereocenters. The largest absolute Gasteiger partial charge is 0.376 e. The lowest BCUT2D eigenvalue weighted by Gasteiger charge is -2.17. The van der Waals surface area contributed by atoms with Crippen LogP contribution in [-0.4, -0.2) is 12.2 Å². The second kappa shape index (κ2) is 4.73. The molecule has 0 aromatic heterocycles. The Hall–Kier alpha value is -0.0400. The molecule has 0 amide bonds. The summed E-state index contributed by atoms with van der Waals surface area (Å²) >= 11 is 0. The molecule has 0 aromatic carbocycles. The molecule has 0 saturated heterocycles. The lowest BCUT2D eigenvalue weighted by molar-refractivity contribution is 0.00802. The van der Waals surface area contributed by atoms with Gasteiger partial charge in [0, 0.05) is 0 Å². The zero-order chi connectivity index (χ0) is 8.15. The van der Waals surface area contributed by atoms with E-state index in [1.807, 2.05) is 0 Å². The Bertz CT molecular complexity index is 66.8. The Labute approximate surface area is 64.8 Å². The van der Waals surface area contributed by atoms with Crippen molar-refractivity contribution in [2.75, 3.05) is 0 Å². The predicted molar refractivity (Wildman–Crippen MR) is 45.1 cm³/mol. The van der Waals surface area contributed by atoms with Gasteiger partial charge in [0.15, 0.2) is 0 Å². The van der Waals surface area contributed by atoms with Gasteiger partial charge in [0.25, 0.3) is 0 Å². The van der Waals surface area contributed by atoms with Crippen LogP contribution in [0.3, 0.4) is 0 Å². The molecule has 0 spiro atoms. The number of rotatable bonds is 4. The van der Waals surface area contributed by atoms with Gasteiger partial charge in [-0.05, 0) is 33.1 Å². The van der Waals surface area contributed by atoms with E-state index in [0.717, 1.165) is 12.3 Å². The topological polar surface area (TPSA) is 9.23 Å². The zero-order valence-corrected chi connectivity index (χ0v) is 7.85. The van der Waals surface area contributed by atoms with E-state index < -0.39 is 0 Å². The van der Waals surface area contributed by atoms with Gasteiger partial charge in [-0.2, -0.15) is 0 Å². The van der Waals surface area contributed by atoms with Crippen molar-refractivity contribution in [2.24, 2.45) is 5.92 Å². The summed E-state index contributed by atoms with van der Waals surface area (Å²) in [7, 11) is 0. The maximum Gasteiger partial charge on any atom is 0.0552 e. The Morgan fingerprint density at radius 3 is 1.80 bits per heavy atom. The Morgan fingerprint density at radius 1 is 1.00 bits per heavy atom. The minimum Gasteiger partial charge on any atom is -0.376 e. The van der Waals surface area contributed by atoms with Gasteiger partial charge < -0.3 is 4.74 Å². The number of hydrogen-bond acceptors (Lipinski definition) is 1. The molecule has 0 aliphatic rings. The van der Waals surface area contributed by atoms with E-state index in [-0.39, 0.29) is 0 Å². The molecule has 0 N–H and O–H groups in total. The monoisotopic (exact) mass is 144 g/mol. The second-order valence-electron chi connectivity index (χ2n) is 3.63. The quantitative estimate of drug-likeness (QED) is 0.589. The van der Waals surface area contributed by atoms with Crippen molar-refractivity contribution in [2.45, 2.75) is 53.2 Å². The van der Waals surface area contributed by atoms with E-state index in [9.17, 15) is 0 Å². The van der Waals surface area contributed by atoms with Crippen LogP contribution in [0.5, 0.6) is 0 Å². The number of ether oxygens (including phenoxy) is 1. The van der Waals surface area contributed by atoms with Gasteiger partial charge in [0.05, 0.1) is 12.2 Å². The molecule has 0 aliphatic heterocycles. The minimum atomic E-state index is 0.369. The Morgan fingerprint density at radius 2 is 1.50 bits per heavy atom. The molecule has 0 heterocycles.